The van der Waals surface area contributed by atoms with Gasteiger partial charge in [0.05, 0.1) is 13.2 Å². The Hall–Kier alpha value is -2.47. The lowest BCUT2D eigenvalue weighted by atomic mass is 10.0. The Bertz CT molecular complexity index is 644. The molecule has 0 radical (unpaired) electrons. The van der Waals surface area contributed by atoms with E-state index in [-0.39, 0.29) is 6.04 Å². The summed E-state index contributed by atoms with van der Waals surface area (Å²) in [6, 6.07) is 15.7. The molecule has 0 fully saturated rings. The van der Waals surface area contributed by atoms with E-state index in [1.54, 1.807) is 7.11 Å². The van der Waals surface area contributed by atoms with E-state index in [1.807, 2.05) is 56.3 Å². The highest BCUT2D eigenvalue weighted by molar-refractivity contribution is 5.50. The number of ether oxygens (including phenoxy) is 1. The summed E-state index contributed by atoms with van der Waals surface area (Å²) in [4.78, 5) is 0. The Labute approximate surface area is 119 Å². The standard InChI is InChI=1S/C17H18N2O/c1-12-5-4-6-15(9-12)19-16(11-18)14-7-8-17(20-3)13(2)10-14/h4-10,16,19H,1-3H3. The molecule has 0 heterocycles. The van der Waals surface area contributed by atoms with Crippen molar-refractivity contribution in [3.8, 4) is 11.8 Å². The van der Waals surface area contributed by atoms with Gasteiger partial charge in [-0.25, -0.2) is 0 Å². The number of hydrogen-bond donors (Lipinski definition) is 1. The summed E-state index contributed by atoms with van der Waals surface area (Å²) in [7, 11) is 1.65. The summed E-state index contributed by atoms with van der Waals surface area (Å²) in [5.41, 5.74) is 4.08. The van der Waals surface area contributed by atoms with Crippen molar-refractivity contribution < 1.29 is 4.74 Å². The molecular formula is C17H18N2O. The van der Waals surface area contributed by atoms with Crippen molar-refractivity contribution in [2.24, 2.45) is 0 Å². The van der Waals surface area contributed by atoms with Crippen molar-refractivity contribution in [2.45, 2.75) is 19.9 Å². The van der Waals surface area contributed by atoms with Crippen LogP contribution in [-0.4, -0.2) is 7.11 Å². The summed E-state index contributed by atoms with van der Waals surface area (Å²) in [5, 5.41) is 12.6. The molecule has 0 amide bonds. The summed E-state index contributed by atoms with van der Waals surface area (Å²) in [5.74, 6) is 0.834. The van der Waals surface area contributed by atoms with E-state index >= 15 is 0 Å². The average Bonchev–Trinajstić information content (AvgIpc) is 2.44. The second kappa shape index (κ2) is 6.12. The minimum Gasteiger partial charge on any atom is -0.496 e. The van der Waals surface area contributed by atoms with Crippen molar-refractivity contribution in [3.05, 3.63) is 59.2 Å². The predicted octanol–water partition coefficient (Wildman–Crippen LogP) is 3.99. The molecule has 0 aliphatic carbocycles. The minimum atomic E-state index is -0.374. The normalized spacial score (nSPS) is 11.5. The van der Waals surface area contributed by atoms with Crippen LogP contribution in [0.2, 0.25) is 0 Å². The fourth-order valence-corrected chi connectivity index (χ4v) is 2.17. The molecule has 3 nitrogen and oxygen atoms in total. The number of methoxy groups -OCH3 is 1. The molecule has 0 saturated carbocycles. The molecule has 0 aromatic heterocycles. The zero-order valence-corrected chi connectivity index (χ0v) is 12.0. The van der Waals surface area contributed by atoms with Gasteiger partial charge in [0.15, 0.2) is 0 Å². The highest BCUT2D eigenvalue weighted by Gasteiger charge is 2.12. The van der Waals surface area contributed by atoms with Crippen LogP contribution < -0.4 is 10.1 Å². The van der Waals surface area contributed by atoms with Gasteiger partial charge in [0.25, 0.3) is 0 Å². The number of aryl methyl sites for hydroxylation is 2. The largest absolute Gasteiger partial charge is 0.496 e. The Morgan fingerprint density at radius 2 is 1.95 bits per heavy atom. The molecule has 0 saturated heterocycles. The van der Waals surface area contributed by atoms with Gasteiger partial charge < -0.3 is 10.1 Å². The monoisotopic (exact) mass is 266 g/mol. The van der Waals surface area contributed by atoms with Crippen LogP contribution in [-0.2, 0) is 0 Å². The smallest absolute Gasteiger partial charge is 0.140 e. The van der Waals surface area contributed by atoms with E-state index in [9.17, 15) is 5.26 Å². The second-order valence-corrected chi connectivity index (χ2v) is 4.80. The van der Waals surface area contributed by atoms with Crippen LogP contribution in [0.15, 0.2) is 42.5 Å². The summed E-state index contributed by atoms with van der Waals surface area (Å²) >= 11 is 0. The highest BCUT2D eigenvalue weighted by atomic mass is 16.5. The molecule has 0 bridgehead atoms. The average molecular weight is 266 g/mol. The zero-order valence-electron chi connectivity index (χ0n) is 12.0. The lowest BCUT2D eigenvalue weighted by Crippen LogP contribution is -2.09. The molecule has 102 valence electrons. The van der Waals surface area contributed by atoms with E-state index < -0.39 is 0 Å². The first-order chi connectivity index (χ1) is 9.63. The van der Waals surface area contributed by atoms with Crippen LogP contribution in [0.1, 0.15) is 22.7 Å². The number of nitrogens with zero attached hydrogens (tertiary/aromatic N) is 1. The fourth-order valence-electron chi connectivity index (χ4n) is 2.17. The Morgan fingerprint density at radius 1 is 1.15 bits per heavy atom. The van der Waals surface area contributed by atoms with E-state index in [2.05, 4.69) is 11.4 Å². The molecule has 1 N–H and O–H groups in total. The molecule has 2 aromatic carbocycles. The number of rotatable bonds is 4. The Balaban J connectivity index is 2.25. The van der Waals surface area contributed by atoms with Gasteiger partial charge in [-0.3, -0.25) is 0 Å². The molecule has 0 aliphatic heterocycles. The molecule has 0 spiro atoms. The third-order valence-electron chi connectivity index (χ3n) is 3.21. The number of nitriles is 1. The van der Waals surface area contributed by atoms with Crippen LogP contribution in [0, 0.1) is 25.2 Å². The number of nitrogens with one attached hydrogen (secondary N) is 1. The molecule has 20 heavy (non-hydrogen) atoms. The van der Waals surface area contributed by atoms with Crippen molar-refractivity contribution in [1.29, 1.82) is 5.26 Å². The third-order valence-corrected chi connectivity index (χ3v) is 3.21. The van der Waals surface area contributed by atoms with Crippen molar-refractivity contribution >= 4 is 5.69 Å². The first kappa shape index (κ1) is 14.0. The minimum absolute atomic E-state index is 0.374. The van der Waals surface area contributed by atoms with Gasteiger partial charge in [-0.2, -0.15) is 5.26 Å². The van der Waals surface area contributed by atoms with Crippen LogP contribution in [0.25, 0.3) is 0 Å². The SMILES string of the molecule is COc1ccc(C(C#N)Nc2cccc(C)c2)cc1C. The molecule has 2 aromatic rings. The van der Waals surface area contributed by atoms with Crippen molar-refractivity contribution in [1.82, 2.24) is 0 Å². The van der Waals surface area contributed by atoms with Crippen molar-refractivity contribution in [3.63, 3.8) is 0 Å². The lowest BCUT2D eigenvalue weighted by molar-refractivity contribution is 0.411. The van der Waals surface area contributed by atoms with Gasteiger partial charge in [-0.05, 0) is 54.8 Å². The summed E-state index contributed by atoms with van der Waals surface area (Å²) in [6.45, 7) is 4.01. The lowest BCUT2D eigenvalue weighted by Gasteiger charge is -2.15. The first-order valence-corrected chi connectivity index (χ1v) is 6.51. The maximum Gasteiger partial charge on any atom is 0.140 e. The molecule has 3 heteroatoms. The fraction of sp³-hybridized carbons (Fsp3) is 0.235. The van der Waals surface area contributed by atoms with Gasteiger partial charge >= 0.3 is 0 Å². The topological polar surface area (TPSA) is 45.0 Å². The molecule has 1 atom stereocenters. The van der Waals surface area contributed by atoms with Gasteiger partial charge in [0.2, 0.25) is 0 Å². The van der Waals surface area contributed by atoms with Gasteiger partial charge in [0, 0.05) is 5.69 Å². The molecule has 1 unspecified atom stereocenters. The van der Waals surface area contributed by atoms with E-state index in [0.717, 1.165) is 28.1 Å². The highest BCUT2D eigenvalue weighted by Crippen LogP contribution is 2.25. The third kappa shape index (κ3) is 3.10. The Morgan fingerprint density at radius 3 is 2.55 bits per heavy atom. The maximum absolute atomic E-state index is 9.38. The van der Waals surface area contributed by atoms with Crippen LogP contribution in [0.5, 0.6) is 5.75 Å². The van der Waals surface area contributed by atoms with Gasteiger partial charge in [0.1, 0.15) is 11.8 Å². The van der Waals surface area contributed by atoms with Crippen LogP contribution in [0.3, 0.4) is 0 Å². The van der Waals surface area contributed by atoms with Crippen molar-refractivity contribution in [2.75, 3.05) is 12.4 Å². The quantitative estimate of drug-likeness (QED) is 0.910. The molecule has 2 rings (SSSR count). The Kier molecular flexibility index (Phi) is 4.27. The van der Waals surface area contributed by atoms with Crippen LogP contribution in [0.4, 0.5) is 5.69 Å². The predicted molar refractivity (Wildman–Crippen MR) is 80.9 cm³/mol. The summed E-state index contributed by atoms with van der Waals surface area (Å²) in [6.07, 6.45) is 0. The van der Waals surface area contributed by atoms with Gasteiger partial charge in [-0.1, -0.05) is 18.2 Å². The molecule has 0 aliphatic rings. The maximum atomic E-state index is 9.38. The molecular weight excluding hydrogens is 248 g/mol. The van der Waals surface area contributed by atoms with E-state index in [1.165, 1.54) is 0 Å². The van der Waals surface area contributed by atoms with Crippen LogP contribution >= 0.6 is 0 Å². The number of benzene rings is 2. The number of hydrogen-bond acceptors (Lipinski definition) is 3. The number of anilines is 1. The zero-order chi connectivity index (χ0) is 14.5. The van der Waals surface area contributed by atoms with E-state index in [0.29, 0.717) is 0 Å². The second-order valence-electron chi connectivity index (χ2n) is 4.80. The summed E-state index contributed by atoms with van der Waals surface area (Å²) < 4.78 is 5.24. The van der Waals surface area contributed by atoms with E-state index in [4.69, 9.17) is 4.74 Å². The van der Waals surface area contributed by atoms with Gasteiger partial charge in [-0.15, -0.1) is 0 Å². The first-order valence-electron chi connectivity index (χ1n) is 6.51.